The Balaban J connectivity index is 1.73. The molecule has 7 nitrogen and oxygen atoms in total. The number of oxime groups is 1. The van der Waals surface area contributed by atoms with E-state index in [-0.39, 0.29) is 34.0 Å². The molecule has 2 heterocycles. The van der Waals surface area contributed by atoms with Crippen molar-refractivity contribution in [2.45, 2.75) is 25.3 Å². The molecule has 1 fully saturated rings. The fraction of sp³-hybridized carbons (Fsp3) is 0.421. The molecule has 30 heavy (non-hydrogen) atoms. The molecule has 1 amide bonds. The Bertz CT molecular complexity index is 929. The molecule has 1 aromatic carbocycles. The topological polar surface area (TPSA) is 69.0 Å². The molecule has 0 bridgehead atoms. The first-order valence-electron chi connectivity index (χ1n) is 9.12. The second kappa shape index (κ2) is 9.61. The van der Waals surface area contributed by atoms with Crippen LogP contribution < -0.4 is 4.74 Å². The van der Waals surface area contributed by atoms with Crippen molar-refractivity contribution >= 4 is 35.3 Å². The maximum atomic E-state index is 13.2. The first-order valence-corrected chi connectivity index (χ1v) is 9.88. The van der Waals surface area contributed by atoms with E-state index in [2.05, 4.69) is 15.1 Å². The Morgan fingerprint density at radius 1 is 1.40 bits per heavy atom. The van der Waals surface area contributed by atoms with Gasteiger partial charge in [0.05, 0.1) is 27.9 Å². The number of aryl methyl sites for hydroxylation is 1. The number of alkyl halides is 2. The number of hydrogen-bond acceptors (Lipinski definition) is 5. The van der Waals surface area contributed by atoms with Crippen LogP contribution in [0.2, 0.25) is 10.0 Å². The Morgan fingerprint density at radius 3 is 2.73 bits per heavy atom. The van der Waals surface area contributed by atoms with E-state index in [1.807, 2.05) is 0 Å². The van der Waals surface area contributed by atoms with Crippen molar-refractivity contribution < 1.29 is 23.1 Å². The minimum Gasteiger partial charge on any atom is -0.488 e. The SMILES string of the molecule is CO/N=C/c1cc(Cl)c(OCC2CCCN2C(=O)c2cn(C)nc2C(F)F)c(Cl)c1. The molecule has 2 aromatic rings. The van der Waals surface area contributed by atoms with E-state index in [1.165, 1.54) is 36.2 Å². The van der Waals surface area contributed by atoms with Gasteiger partial charge in [-0.05, 0) is 30.5 Å². The van der Waals surface area contributed by atoms with Crippen LogP contribution in [-0.2, 0) is 11.9 Å². The lowest BCUT2D eigenvalue weighted by molar-refractivity contribution is 0.0680. The Morgan fingerprint density at radius 2 is 2.10 bits per heavy atom. The van der Waals surface area contributed by atoms with Crippen LogP contribution in [0.1, 0.15) is 40.9 Å². The molecule has 1 unspecified atom stereocenters. The lowest BCUT2D eigenvalue weighted by Gasteiger charge is -2.25. The van der Waals surface area contributed by atoms with Gasteiger partial charge in [0, 0.05) is 19.8 Å². The number of rotatable bonds is 7. The van der Waals surface area contributed by atoms with Gasteiger partial charge in [-0.1, -0.05) is 28.4 Å². The zero-order valence-electron chi connectivity index (χ0n) is 16.3. The molecule has 11 heteroatoms. The molecule has 162 valence electrons. The van der Waals surface area contributed by atoms with E-state index in [0.29, 0.717) is 18.5 Å². The summed E-state index contributed by atoms with van der Waals surface area (Å²) >= 11 is 12.5. The van der Waals surface area contributed by atoms with Gasteiger partial charge in [0.15, 0.2) is 5.75 Å². The molecular formula is C19H20Cl2F2N4O3. The average Bonchev–Trinajstić information content (AvgIpc) is 3.31. The number of halogens is 4. The molecule has 0 radical (unpaired) electrons. The molecule has 0 N–H and O–H groups in total. The van der Waals surface area contributed by atoms with Gasteiger partial charge in [-0.25, -0.2) is 8.78 Å². The lowest BCUT2D eigenvalue weighted by atomic mass is 10.2. The largest absolute Gasteiger partial charge is 0.488 e. The summed E-state index contributed by atoms with van der Waals surface area (Å²) in [5.74, 6) is -0.213. The summed E-state index contributed by atoms with van der Waals surface area (Å²) in [6.45, 7) is 0.569. The quantitative estimate of drug-likeness (QED) is 0.455. The van der Waals surface area contributed by atoms with Crippen LogP contribution in [0.25, 0.3) is 0 Å². The van der Waals surface area contributed by atoms with Gasteiger partial charge in [0.1, 0.15) is 19.4 Å². The first kappa shape index (κ1) is 22.3. The minimum absolute atomic E-state index is 0.0998. The second-order valence-corrected chi connectivity index (χ2v) is 7.55. The summed E-state index contributed by atoms with van der Waals surface area (Å²) < 4.78 is 33.5. The molecule has 0 saturated carbocycles. The van der Waals surface area contributed by atoms with Crippen molar-refractivity contribution in [3.8, 4) is 5.75 Å². The predicted molar refractivity (Wildman–Crippen MR) is 109 cm³/mol. The summed E-state index contributed by atoms with van der Waals surface area (Å²) in [7, 11) is 2.92. The summed E-state index contributed by atoms with van der Waals surface area (Å²) in [6.07, 6.45) is 1.34. The van der Waals surface area contributed by atoms with Crippen LogP contribution in [0.15, 0.2) is 23.5 Å². The standard InChI is InChI=1S/C19H20Cl2F2N4O3/c1-26-9-13(16(25-26)18(22)23)19(28)27-5-3-4-12(27)10-30-17-14(20)6-11(7-15(17)21)8-24-29-2/h6-9,12,18H,3-5,10H2,1-2H3/b24-8+. The number of benzene rings is 1. The molecule has 0 aliphatic carbocycles. The third kappa shape index (κ3) is 4.84. The molecule has 0 spiro atoms. The minimum atomic E-state index is -2.83. The fourth-order valence-corrected chi connectivity index (χ4v) is 3.96. The van der Waals surface area contributed by atoms with Gasteiger partial charge >= 0.3 is 0 Å². The highest BCUT2D eigenvalue weighted by Crippen LogP contribution is 2.35. The molecule has 3 rings (SSSR count). The Kier molecular flexibility index (Phi) is 7.14. The van der Waals surface area contributed by atoms with Crippen LogP contribution in [0.5, 0.6) is 5.75 Å². The number of ether oxygens (including phenoxy) is 1. The maximum absolute atomic E-state index is 13.2. The zero-order chi connectivity index (χ0) is 21.8. The van der Waals surface area contributed by atoms with Crippen molar-refractivity contribution in [3.63, 3.8) is 0 Å². The predicted octanol–water partition coefficient (Wildman–Crippen LogP) is 4.33. The highest BCUT2D eigenvalue weighted by molar-refractivity contribution is 6.37. The second-order valence-electron chi connectivity index (χ2n) is 6.74. The number of amides is 1. The smallest absolute Gasteiger partial charge is 0.282 e. The summed E-state index contributed by atoms with van der Waals surface area (Å²) in [4.78, 5) is 19.1. The van der Waals surface area contributed by atoms with Gasteiger partial charge < -0.3 is 14.5 Å². The van der Waals surface area contributed by atoms with Crippen molar-refractivity contribution in [1.29, 1.82) is 0 Å². The first-order chi connectivity index (χ1) is 14.3. The average molecular weight is 461 g/mol. The van der Waals surface area contributed by atoms with Crippen LogP contribution in [-0.4, -0.2) is 53.1 Å². The van der Waals surface area contributed by atoms with Crippen LogP contribution >= 0.6 is 23.2 Å². The number of hydrogen-bond donors (Lipinski definition) is 0. The van der Waals surface area contributed by atoms with Crippen molar-refractivity contribution in [1.82, 2.24) is 14.7 Å². The third-order valence-corrected chi connectivity index (χ3v) is 5.24. The van der Waals surface area contributed by atoms with Gasteiger partial charge in [-0.3, -0.25) is 9.48 Å². The Hall–Kier alpha value is -2.39. The number of likely N-dealkylation sites (tertiary alicyclic amines) is 1. The normalized spacial score (nSPS) is 16.6. The van der Waals surface area contributed by atoms with Crippen LogP contribution in [0.3, 0.4) is 0 Å². The summed E-state index contributed by atoms with van der Waals surface area (Å²) in [6, 6.07) is 2.94. The molecule has 1 saturated heterocycles. The highest BCUT2D eigenvalue weighted by Gasteiger charge is 2.34. The van der Waals surface area contributed by atoms with Gasteiger partial charge in [-0.2, -0.15) is 5.10 Å². The fourth-order valence-electron chi connectivity index (χ4n) is 3.35. The van der Waals surface area contributed by atoms with Crippen LogP contribution in [0.4, 0.5) is 8.78 Å². The van der Waals surface area contributed by atoms with E-state index in [1.54, 1.807) is 12.1 Å². The third-order valence-electron chi connectivity index (χ3n) is 4.68. The van der Waals surface area contributed by atoms with Gasteiger partial charge in [0.25, 0.3) is 12.3 Å². The number of carbonyl (C=O) groups is 1. The monoisotopic (exact) mass is 460 g/mol. The number of aromatic nitrogens is 2. The molecule has 1 aliphatic rings. The zero-order valence-corrected chi connectivity index (χ0v) is 17.8. The maximum Gasteiger partial charge on any atom is 0.282 e. The van der Waals surface area contributed by atoms with E-state index in [0.717, 1.165) is 6.42 Å². The van der Waals surface area contributed by atoms with E-state index < -0.39 is 18.0 Å². The molecule has 1 aliphatic heterocycles. The summed E-state index contributed by atoms with van der Waals surface area (Å²) in [5, 5.41) is 7.92. The van der Waals surface area contributed by atoms with E-state index >= 15 is 0 Å². The van der Waals surface area contributed by atoms with Crippen LogP contribution in [0, 0.1) is 0 Å². The van der Waals surface area contributed by atoms with Crippen molar-refractivity contribution in [2.75, 3.05) is 20.3 Å². The molecule has 1 aromatic heterocycles. The number of nitrogens with zero attached hydrogens (tertiary/aromatic N) is 4. The molecule has 1 atom stereocenters. The van der Waals surface area contributed by atoms with E-state index in [9.17, 15) is 13.6 Å². The van der Waals surface area contributed by atoms with Crippen molar-refractivity contribution in [2.24, 2.45) is 12.2 Å². The van der Waals surface area contributed by atoms with E-state index in [4.69, 9.17) is 27.9 Å². The Labute approximate surface area is 182 Å². The highest BCUT2D eigenvalue weighted by atomic mass is 35.5. The van der Waals surface area contributed by atoms with Gasteiger partial charge in [0.2, 0.25) is 0 Å². The number of carbonyl (C=O) groups excluding carboxylic acids is 1. The van der Waals surface area contributed by atoms with Crippen molar-refractivity contribution in [3.05, 3.63) is 45.2 Å². The summed E-state index contributed by atoms with van der Waals surface area (Å²) in [5.41, 5.74) is 0.0127. The lowest BCUT2D eigenvalue weighted by Crippen LogP contribution is -2.39. The van der Waals surface area contributed by atoms with Gasteiger partial charge in [-0.15, -0.1) is 0 Å². The molecular weight excluding hydrogens is 441 g/mol.